The minimum absolute atomic E-state index is 0.0220. The Labute approximate surface area is 175 Å². The number of carboxylic acid groups (broad SMARTS) is 1. The Kier molecular flexibility index (Phi) is 5.78. The zero-order chi connectivity index (χ0) is 22.2. The smallest absolute Gasteiger partial charge is 0.303 e. The van der Waals surface area contributed by atoms with E-state index in [1.165, 1.54) is 4.90 Å². The number of primary amides is 1. The second-order valence-corrected chi connectivity index (χ2v) is 7.59. The second-order valence-electron chi connectivity index (χ2n) is 7.59. The molecule has 1 aliphatic rings. The minimum Gasteiger partial charge on any atom is -0.481 e. The van der Waals surface area contributed by atoms with Gasteiger partial charge in [-0.25, -0.2) is 4.98 Å². The number of nitrogens with zero attached hydrogens (tertiary/aromatic N) is 2. The number of rotatable bonds is 7. The van der Waals surface area contributed by atoms with Gasteiger partial charge < -0.3 is 21.1 Å². The lowest BCUT2D eigenvalue weighted by Crippen LogP contribution is -2.46. The van der Waals surface area contributed by atoms with Gasteiger partial charge in [0.1, 0.15) is 11.9 Å². The number of pyridine rings is 1. The topological polar surface area (TPSA) is 126 Å². The molecule has 0 radical (unpaired) electrons. The number of fused-ring (bicyclic) bond motifs is 1. The van der Waals surface area contributed by atoms with Gasteiger partial charge in [-0.05, 0) is 62.1 Å². The summed E-state index contributed by atoms with van der Waals surface area (Å²) in [6, 6.07) is 6.08. The van der Waals surface area contributed by atoms with E-state index in [9.17, 15) is 14.4 Å². The van der Waals surface area contributed by atoms with E-state index in [1.807, 2.05) is 46.0 Å². The highest BCUT2D eigenvalue weighted by Crippen LogP contribution is 2.38. The van der Waals surface area contributed by atoms with E-state index < -0.39 is 24.0 Å². The maximum Gasteiger partial charge on any atom is 0.303 e. The van der Waals surface area contributed by atoms with E-state index in [0.717, 1.165) is 33.8 Å². The number of carbonyl (C=O) groups is 3. The summed E-state index contributed by atoms with van der Waals surface area (Å²) < 4.78 is 0. The molecule has 1 aliphatic heterocycles. The largest absolute Gasteiger partial charge is 0.481 e. The standard InChI is InChI=1S/C22H26N4O4/c1-11-9-17(25-21(24-4)12(11)2)14-5-6-15-16(10-14)13(3)26(22(15)30)18(20(23)29)7-8-19(27)28/h5-6,9-10,13,18H,7-8H2,1-4H3,(H2,23,29)(H,24,25)(H,27,28). The highest BCUT2D eigenvalue weighted by atomic mass is 16.4. The van der Waals surface area contributed by atoms with Crippen LogP contribution in [0, 0.1) is 13.8 Å². The van der Waals surface area contributed by atoms with E-state index in [4.69, 9.17) is 10.8 Å². The summed E-state index contributed by atoms with van der Waals surface area (Å²) in [5, 5.41) is 12.1. The SMILES string of the molecule is CNc1nc(-c2ccc3c(c2)C(C)N(C(CCC(=O)O)C(N)=O)C3=O)cc(C)c1C. The molecule has 0 fully saturated rings. The van der Waals surface area contributed by atoms with Crippen LogP contribution in [0.3, 0.4) is 0 Å². The lowest BCUT2D eigenvalue weighted by molar-refractivity contribution is -0.137. The molecular formula is C22H26N4O4. The maximum absolute atomic E-state index is 13.0. The summed E-state index contributed by atoms with van der Waals surface area (Å²) in [4.78, 5) is 42.0. The first kappa shape index (κ1) is 21.3. The lowest BCUT2D eigenvalue weighted by atomic mass is 9.99. The Morgan fingerprint density at radius 3 is 2.60 bits per heavy atom. The monoisotopic (exact) mass is 410 g/mol. The van der Waals surface area contributed by atoms with Gasteiger partial charge in [0.05, 0.1) is 11.7 Å². The molecule has 1 aromatic heterocycles. The van der Waals surface area contributed by atoms with Crippen LogP contribution in [0.1, 0.15) is 52.9 Å². The molecule has 2 heterocycles. The van der Waals surface area contributed by atoms with Crippen LogP contribution in [0.2, 0.25) is 0 Å². The van der Waals surface area contributed by atoms with Gasteiger partial charge in [-0.3, -0.25) is 14.4 Å². The van der Waals surface area contributed by atoms with Gasteiger partial charge in [0.15, 0.2) is 0 Å². The van der Waals surface area contributed by atoms with Gasteiger partial charge in [0.2, 0.25) is 5.91 Å². The second kappa shape index (κ2) is 8.14. The summed E-state index contributed by atoms with van der Waals surface area (Å²) in [5.74, 6) is -1.28. The van der Waals surface area contributed by atoms with Crippen LogP contribution >= 0.6 is 0 Å². The Bertz CT molecular complexity index is 1030. The quantitative estimate of drug-likeness (QED) is 0.644. The molecule has 1 aromatic carbocycles. The van der Waals surface area contributed by atoms with Crippen LogP contribution in [-0.2, 0) is 9.59 Å². The summed E-state index contributed by atoms with van der Waals surface area (Å²) in [6.07, 6.45) is -0.267. The number of hydrogen-bond donors (Lipinski definition) is 3. The average Bonchev–Trinajstić information content (AvgIpc) is 2.94. The molecule has 0 aliphatic carbocycles. The van der Waals surface area contributed by atoms with E-state index in [2.05, 4.69) is 10.3 Å². The molecule has 2 aromatic rings. The fraction of sp³-hybridized carbons (Fsp3) is 0.364. The van der Waals surface area contributed by atoms with Crippen molar-refractivity contribution in [3.63, 3.8) is 0 Å². The lowest BCUT2D eigenvalue weighted by Gasteiger charge is -2.29. The van der Waals surface area contributed by atoms with Gasteiger partial charge in [-0.1, -0.05) is 6.07 Å². The van der Waals surface area contributed by atoms with E-state index in [1.54, 1.807) is 6.07 Å². The predicted octanol–water partition coefficient (Wildman–Crippen LogP) is 2.64. The van der Waals surface area contributed by atoms with Crippen molar-refractivity contribution in [3.8, 4) is 11.3 Å². The van der Waals surface area contributed by atoms with Crippen LogP contribution in [-0.4, -0.2) is 45.9 Å². The van der Waals surface area contributed by atoms with E-state index >= 15 is 0 Å². The first-order valence-corrected chi connectivity index (χ1v) is 9.79. The van der Waals surface area contributed by atoms with Gasteiger partial charge in [0.25, 0.3) is 5.91 Å². The summed E-state index contributed by atoms with van der Waals surface area (Å²) in [6.45, 7) is 5.83. The zero-order valence-electron chi connectivity index (χ0n) is 17.5. The van der Waals surface area contributed by atoms with Crippen LogP contribution < -0.4 is 11.1 Å². The van der Waals surface area contributed by atoms with Crippen molar-refractivity contribution < 1.29 is 19.5 Å². The number of amides is 2. The molecule has 0 saturated carbocycles. The zero-order valence-corrected chi connectivity index (χ0v) is 17.5. The van der Waals surface area contributed by atoms with Crippen molar-refractivity contribution in [2.45, 2.75) is 45.7 Å². The number of benzene rings is 1. The number of aryl methyl sites for hydroxylation is 1. The summed E-state index contributed by atoms with van der Waals surface area (Å²) in [5.41, 5.74) is 10.6. The number of nitrogens with two attached hydrogens (primary N) is 1. The van der Waals surface area contributed by atoms with Crippen molar-refractivity contribution in [1.82, 2.24) is 9.88 Å². The van der Waals surface area contributed by atoms with Crippen LogP contribution in [0.4, 0.5) is 5.82 Å². The third-order valence-corrected chi connectivity index (χ3v) is 5.74. The molecule has 0 bridgehead atoms. The molecule has 30 heavy (non-hydrogen) atoms. The van der Waals surface area contributed by atoms with Crippen molar-refractivity contribution in [2.24, 2.45) is 5.73 Å². The molecule has 2 unspecified atom stereocenters. The molecule has 8 nitrogen and oxygen atoms in total. The number of aliphatic carboxylic acids is 1. The molecule has 2 amide bonds. The van der Waals surface area contributed by atoms with E-state index in [-0.39, 0.29) is 18.7 Å². The fourth-order valence-corrected chi connectivity index (χ4v) is 3.95. The van der Waals surface area contributed by atoms with Crippen LogP contribution in [0.5, 0.6) is 0 Å². The minimum atomic E-state index is -1.04. The van der Waals surface area contributed by atoms with Crippen molar-refractivity contribution in [3.05, 3.63) is 46.5 Å². The molecule has 2 atom stereocenters. The Balaban J connectivity index is 2.00. The maximum atomic E-state index is 13.0. The number of aromatic nitrogens is 1. The number of carbonyl (C=O) groups excluding carboxylic acids is 2. The Morgan fingerprint density at radius 2 is 2.00 bits per heavy atom. The van der Waals surface area contributed by atoms with Crippen molar-refractivity contribution in [2.75, 3.05) is 12.4 Å². The first-order valence-electron chi connectivity index (χ1n) is 9.79. The normalized spacial score (nSPS) is 16.3. The van der Waals surface area contributed by atoms with Gasteiger partial charge in [-0.2, -0.15) is 0 Å². The molecule has 4 N–H and O–H groups in total. The van der Waals surface area contributed by atoms with Gasteiger partial charge in [-0.15, -0.1) is 0 Å². The molecule has 158 valence electrons. The molecule has 0 saturated heterocycles. The third-order valence-electron chi connectivity index (χ3n) is 5.74. The van der Waals surface area contributed by atoms with Crippen molar-refractivity contribution >= 4 is 23.6 Å². The van der Waals surface area contributed by atoms with Crippen LogP contribution in [0.25, 0.3) is 11.3 Å². The predicted molar refractivity (Wildman–Crippen MR) is 113 cm³/mol. The molecule has 3 rings (SSSR count). The van der Waals surface area contributed by atoms with Gasteiger partial charge in [0, 0.05) is 24.6 Å². The summed E-state index contributed by atoms with van der Waals surface area (Å²) in [7, 11) is 1.82. The van der Waals surface area contributed by atoms with E-state index in [0.29, 0.717) is 5.56 Å². The number of nitrogens with one attached hydrogen (secondary N) is 1. The molecular weight excluding hydrogens is 384 g/mol. The number of anilines is 1. The molecule has 8 heteroatoms. The average molecular weight is 410 g/mol. The first-order chi connectivity index (χ1) is 14.1. The Morgan fingerprint density at radius 1 is 1.30 bits per heavy atom. The summed E-state index contributed by atoms with van der Waals surface area (Å²) >= 11 is 0. The van der Waals surface area contributed by atoms with Crippen molar-refractivity contribution in [1.29, 1.82) is 0 Å². The Hall–Kier alpha value is -3.42. The highest BCUT2D eigenvalue weighted by molar-refractivity contribution is 6.02. The fourth-order valence-electron chi connectivity index (χ4n) is 3.95. The number of hydrogen-bond acceptors (Lipinski definition) is 5. The highest BCUT2D eigenvalue weighted by Gasteiger charge is 2.40. The third kappa shape index (κ3) is 3.72. The van der Waals surface area contributed by atoms with Crippen LogP contribution in [0.15, 0.2) is 24.3 Å². The molecule has 0 spiro atoms. The number of carboxylic acids is 1. The van der Waals surface area contributed by atoms with Gasteiger partial charge >= 0.3 is 5.97 Å².